The van der Waals surface area contributed by atoms with Crippen LogP contribution >= 0.6 is 0 Å². The largest absolute Gasteiger partial charge is 0.379 e. The van der Waals surface area contributed by atoms with Gasteiger partial charge < -0.3 is 5.32 Å². The van der Waals surface area contributed by atoms with Gasteiger partial charge in [0.15, 0.2) is 0 Å². The molecule has 0 aliphatic heterocycles. The van der Waals surface area contributed by atoms with Crippen molar-refractivity contribution in [1.82, 2.24) is 0 Å². The second-order valence-electron chi connectivity index (χ2n) is 6.48. The molecule has 0 heterocycles. The monoisotopic (exact) mass is 279 g/mol. The molecule has 1 atom stereocenters. The first-order valence-corrected chi connectivity index (χ1v) is 8.08. The van der Waals surface area contributed by atoms with Crippen LogP contribution in [0.3, 0.4) is 0 Å². The third-order valence-corrected chi connectivity index (χ3v) is 4.48. The summed E-state index contributed by atoms with van der Waals surface area (Å²) < 4.78 is 0. The van der Waals surface area contributed by atoms with Crippen LogP contribution in [0.2, 0.25) is 0 Å². The fraction of sp³-hybridized carbons (Fsp3) is 0.400. The average molecular weight is 279 g/mol. The van der Waals surface area contributed by atoms with Crippen LogP contribution in [0.25, 0.3) is 0 Å². The van der Waals surface area contributed by atoms with E-state index in [0.717, 1.165) is 0 Å². The molecule has 1 unspecified atom stereocenters. The van der Waals surface area contributed by atoms with Gasteiger partial charge in [-0.1, -0.05) is 24.3 Å². The lowest BCUT2D eigenvalue weighted by Gasteiger charge is -2.21. The number of nitrogens with one attached hydrogen (secondary N) is 1. The highest BCUT2D eigenvalue weighted by molar-refractivity contribution is 5.50. The normalized spacial score (nSPS) is 15.4. The number of rotatable bonds is 3. The molecule has 0 radical (unpaired) electrons. The van der Waals surface area contributed by atoms with Gasteiger partial charge in [-0.25, -0.2) is 0 Å². The molecule has 0 bridgehead atoms. The van der Waals surface area contributed by atoms with Crippen LogP contribution in [-0.2, 0) is 12.8 Å². The highest BCUT2D eigenvalue weighted by Crippen LogP contribution is 2.27. The molecule has 110 valence electrons. The third-order valence-electron chi connectivity index (χ3n) is 4.48. The summed E-state index contributed by atoms with van der Waals surface area (Å²) in [6.07, 6.45) is 5.20. The maximum absolute atomic E-state index is 3.65. The standard InChI is InChI=1S/C20H25N/c1-14-10-15(2)12-20(11-14)21-16(3)18-9-8-17-6-4-5-7-19(17)13-18/h8-13,16,21H,4-7H2,1-3H3. The van der Waals surface area contributed by atoms with Crippen molar-refractivity contribution in [3.8, 4) is 0 Å². The van der Waals surface area contributed by atoms with Crippen molar-refractivity contribution in [2.45, 2.75) is 52.5 Å². The summed E-state index contributed by atoms with van der Waals surface area (Å²) in [5, 5.41) is 3.65. The Morgan fingerprint density at radius 1 is 0.857 bits per heavy atom. The Labute approximate surface area is 128 Å². The second kappa shape index (κ2) is 5.93. The molecule has 0 spiro atoms. The van der Waals surface area contributed by atoms with E-state index >= 15 is 0 Å². The van der Waals surface area contributed by atoms with Gasteiger partial charge >= 0.3 is 0 Å². The number of fused-ring (bicyclic) bond motifs is 1. The van der Waals surface area contributed by atoms with Crippen molar-refractivity contribution in [3.63, 3.8) is 0 Å². The molecule has 2 aromatic carbocycles. The van der Waals surface area contributed by atoms with Crippen LogP contribution in [0.1, 0.15) is 53.6 Å². The maximum Gasteiger partial charge on any atom is 0.0485 e. The number of anilines is 1. The molecule has 0 saturated heterocycles. The third kappa shape index (κ3) is 3.29. The van der Waals surface area contributed by atoms with Crippen LogP contribution in [-0.4, -0.2) is 0 Å². The van der Waals surface area contributed by atoms with E-state index in [2.05, 4.69) is 62.5 Å². The minimum absolute atomic E-state index is 0.346. The molecule has 3 rings (SSSR count). The average Bonchev–Trinajstić information content (AvgIpc) is 2.45. The molecule has 1 heteroatoms. The highest BCUT2D eigenvalue weighted by atomic mass is 14.9. The fourth-order valence-electron chi connectivity index (χ4n) is 3.41. The predicted octanol–water partition coefficient (Wildman–Crippen LogP) is 5.36. The van der Waals surface area contributed by atoms with E-state index < -0.39 is 0 Å². The van der Waals surface area contributed by atoms with Crippen LogP contribution < -0.4 is 5.32 Å². The lowest BCUT2D eigenvalue weighted by atomic mass is 9.89. The quantitative estimate of drug-likeness (QED) is 0.798. The Hall–Kier alpha value is -1.76. The molecule has 1 N–H and O–H groups in total. The van der Waals surface area contributed by atoms with E-state index in [0.29, 0.717) is 6.04 Å². The van der Waals surface area contributed by atoms with Gasteiger partial charge in [0.25, 0.3) is 0 Å². The lowest BCUT2D eigenvalue weighted by Crippen LogP contribution is -2.09. The van der Waals surface area contributed by atoms with Crippen molar-refractivity contribution in [2.75, 3.05) is 5.32 Å². The molecule has 0 aromatic heterocycles. The van der Waals surface area contributed by atoms with Crippen molar-refractivity contribution in [1.29, 1.82) is 0 Å². The van der Waals surface area contributed by atoms with Gasteiger partial charge in [-0.05, 0) is 86.4 Å². The Bertz CT molecular complexity index is 622. The van der Waals surface area contributed by atoms with Crippen LogP contribution in [0, 0.1) is 13.8 Å². The van der Waals surface area contributed by atoms with Gasteiger partial charge in [0, 0.05) is 11.7 Å². The fourth-order valence-corrected chi connectivity index (χ4v) is 3.41. The van der Waals surface area contributed by atoms with Crippen LogP contribution in [0.15, 0.2) is 36.4 Å². The molecular weight excluding hydrogens is 254 g/mol. The molecule has 1 nitrogen and oxygen atoms in total. The minimum atomic E-state index is 0.346. The molecule has 0 amide bonds. The topological polar surface area (TPSA) is 12.0 Å². The van der Waals surface area contributed by atoms with Gasteiger partial charge in [-0.3, -0.25) is 0 Å². The van der Waals surface area contributed by atoms with Crippen LogP contribution in [0.4, 0.5) is 5.69 Å². The zero-order valence-electron chi connectivity index (χ0n) is 13.4. The van der Waals surface area contributed by atoms with Gasteiger partial charge in [0.05, 0.1) is 0 Å². The van der Waals surface area contributed by atoms with Crippen molar-refractivity contribution in [3.05, 3.63) is 64.2 Å². The summed E-state index contributed by atoms with van der Waals surface area (Å²) in [5.74, 6) is 0. The highest BCUT2D eigenvalue weighted by Gasteiger charge is 2.12. The Kier molecular flexibility index (Phi) is 4.01. The van der Waals surface area contributed by atoms with Gasteiger partial charge in [-0.15, -0.1) is 0 Å². The van der Waals surface area contributed by atoms with E-state index in [9.17, 15) is 0 Å². The Morgan fingerprint density at radius 3 is 2.24 bits per heavy atom. The number of aryl methyl sites for hydroxylation is 4. The Balaban J connectivity index is 1.80. The molecule has 1 aliphatic rings. The summed E-state index contributed by atoms with van der Waals surface area (Å²) in [6.45, 7) is 6.56. The van der Waals surface area contributed by atoms with Crippen molar-refractivity contribution < 1.29 is 0 Å². The summed E-state index contributed by atoms with van der Waals surface area (Å²) in [6, 6.07) is 14.1. The molecular formula is C20H25N. The van der Waals surface area contributed by atoms with Gasteiger partial charge in [0.2, 0.25) is 0 Å². The molecule has 21 heavy (non-hydrogen) atoms. The molecule has 2 aromatic rings. The maximum atomic E-state index is 3.65. The first kappa shape index (κ1) is 14.2. The van der Waals surface area contributed by atoms with E-state index in [1.807, 2.05) is 0 Å². The number of benzene rings is 2. The zero-order valence-corrected chi connectivity index (χ0v) is 13.4. The summed E-state index contributed by atoms with van der Waals surface area (Å²) in [4.78, 5) is 0. The van der Waals surface area contributed by atoms with E-state index in [1.54, 1.807) is 11.1 Å². The summed E-state index contributed by atoms with van der Waals surface area (Å²) in [7, 11) is 0. The smallest absolute Gasteiger partial charge is 0.0485 e. The summed E-state index contributed by atoms with van der Waals surface area (Å²) >= 11 is 0. The minimum Gasteiger partial charge on any atom is -0.379 e. The predicted molar refractivity (Wildman–Crippen MR) is 91.0 cm³/mol. The van der Waals surface area contributed by atoms with Gasteiger partial charge in [-0.2, -0.15) is 0 Å². The Morgan fingerprint density at radius 2 is 1.52 bits per heavy atom. The van der Waals surface area contributed by atoms with Gasteiger partial charge in [0.1, 0.15) is 0 Å². The zero-order chi connectivity index (χ0) is 14.8. The lowest BCUT2D eigenvalue weighted by molar-refractivity contribution is 0.683. The number of hydrogen-bond acceptors (Lipinski definition) is 1. The first-order chi connectivity index (χ1) is 10.1. The van der Waals surface area contributed by atoms with E-state index in [4.69, 9.17) is 0 Å². The summed E-state index contributed by atoms with van der Waals surface area (Å²) in [5.41, 5.74) is 8.37. The van der Waals surface area contributed by atoms with Crippen LogP contribution in [0.5, 0.6) is 0 Å². The van der Waals surface area contributed by atoms with Crippen molar-refractivity contribution >= 4 is 5.69 Å². The molecule has 0 saturated carbocycles. The first-order valence-electron chi connectivity index (χ1n) is 8.08. The SMILES string of the molecule is Cc1cc(C)cc(NC(C)c2ccc3c(c2)CCCC3)c1. The molecule has 1 aliphatic carbocycles. The van der Waals surface area contributed by atoms with Crippen molar-refractivity contribution in [2.24, 2.45) is 0 Å². The molecule has 0 fully saturated rings. The number of hydrogen-bond donors (Lipinski definition) is 1. The van der Waals surface area contributed by atoms with E-state index in [1.165, 1.54) is 48.1 Å². The van der Waals surface area contributed by atoms with E-state index in [-0.39, 0.29) is 0 Å². The second-order valence-corrected chi connectivity index (χ2v) is 6.48.